The molecule has 0 fully saturated rings. The van der Waals surface area contributed by atoms with E-state index in [9.17, 15) is 0 Å². The molecule has 1 aromatic rings. The van der Waals surface area contributed by atoms with Gasteiger partial charge < -0.3 is 4.84 Å². The summed E-state index contributed by atoms with van der Waals surface area (Å²) in [4.78, 5) is 5.63. The fourth-order valence-electron chi connectivity index (χ4n) is 2.35. The lowest BCUT2D eigenvalue weighted by Gasteiger charge is -2.24. The van der Waals surface area contributed by atoms with Crippen LogP contribution in [0.2, 0.25) is 0 Å². The number of hydrogen-bond donors (Lipinski definition) is 0. The minimum Gasteiger partial charge on any atom is -0.390 e. The number of rotatable bonds is 4. The first kappa shape index (κ1) is 14.7. The molecule has 0 saturated carbocycles. The number of benzene rings is 1. The average Bonchev–Trinajstić information content (AvgIpc) is 2.75. The van der Waals surface area contributed by atoms with Gasteiger partial charge >= 0.3 is 0 Å². The van der Waals surface area contributed by atoms with Gasteiger partial charge in [0.05, 0.1) is 11.1 Å². The van der Waals surface area contributed by atoms with Crippen molar-refractivity contribution in [3.63, 3.8) is 0 Å². The quantitative estimate of drug-likeness (QED) is 0.586. The monoisotopic (exact) mass is 269 g/mol. The Labute approximate surface area is 122 Å². The van der Waals surface area contributed by atoms with Crippen molar-refractivity contribution in [2.24, 2.45) is 10.6 Å². The van der Waals surface area contributed by atoms with Crippen LogP contribution in [0.1, 0.15) is 52.0 Å². The second kappa shape index (κ2) is 6.61. The number of unbranched alkanes of at least 4 members (excludes halogenated alkanes) is 2. The smallest absolute Gasteiger partial charge is 0.149 e. The Bertz CT molecular complexity index is 519. The number of nitrogens with zero attached hydrogens (tertiary/aromatic N) is 1. The molecule has 1 atom stereocenters. The Balaban J connectivity index is 2.01. The predicted octanol–water partition coefficient (Wildman–Crippen LogP) is 4.40. The fraction of sp³-hybridized carbons (Fsp3) is 0.500. The summed E-state index contributed by atoms with van der Waals surface area (Å²) in [6.45, 7) is 6.55. The van der Waals surface area contributed by atoms with Crippen molar-refractivity contribution in [2.45, 2.75) is 52.6 Å². The largest absolute Gasteiger partial charge is 0.390 e. The summed E-state index contributed by atoms with van der Waals surface area (Å²) in [5, 5.41) is 4.30. The third-order valence-electron chi connectivity index (χ3n) is 3.80. The first-order valence-electron chi connectivity index (χ1n) is 7.41. The van der Waals surface area contributed by atoms with Gasteiger partial charge in [0.25, 0.3) is 0 Å². The molecule has 2 heteroatoms. The normalized spacial score (nSPS) is 19.8. The molecule has 2 rings (SSSR count). The summed E-state index contributed by atoms with van der Waals surface area (Å²) in [5.74, 6) is 6.47. The van der Waals surface area contributed by atoms with E-state index in [-0.39, 0.29) is 11.5 Å². The molecule has 0 aromatic heterocycles. The molecule has 20 heavy (non-hydrogen) atoms. The lowest BCUT2D eigenvalue weighted by Crippen LogP contribution is -2.33. The molecule has 1 aliphatic heterocycles. The molecule has 106 valence electrons. The van der Waals surface area contributed by atoms with Crippen molar-refractivity contribution >= 4 is 5.71 Å². The van der Waals surface area contributed by atoms with Crippen LogP contribution < -0.4 is 0 Å². The summed E-state index contributed by atoms with van der Waals surface area (Å²) in [5.41, 5.74) is 2.07. The van der Waals surface area contributed by atoms with Crippen molar-refractivity contribution in [3.8, 4) is 11.8 Å². The van der Waals surface area contributed by atoms with Crippen LogP contribution in [0.4, 0.5) is 0 Å². The average molecular weight is 269 g/mol. The van der Waals surface area contributed by atoms with E-state index in [1.54, 1.807) is 0 Å². The molecule has 0 radical (unpaired) electrons. The highest BCUT2D eigenvalue weighted by Crippen LogP contribution is 2.36. The van der Waals surface area contributed by atoms with Gasteiger partial charge in [-0.1, -0.05) is 68.6 Å². The minimum atomic E-state index is -0.0964. The van der Waals surface area contributed by atoms with Crippen LogP contribution in [0.25, 0.3) is 0 Å². The zero-order chi connectivity index (χ0) is 14.4. The van der Waals surface area contributed by atoms with Crippen molar-refractivity contribution in [1.82, 2.24) is 0 Å². The first-order valence-corrected chi connectivity index (χ1v) is 7.41. The van der Waals surface area contributed by atoms with Crippen molar-refractivity contribution < 1.29 is 4.84 Å². The van der Waals surface area contributed by atoms with Crippen molar-refractivity contribution in [3.05, 3.63) is 35.9 Å². The maximum atomic E-state index is 5.63. The van der Waals surface area contributed by atoms with E-state index < -0.39 is 0 Å². The second-order valence-electron chi connectivity index (χ2n) is 5.78. The molecule has 0 amide bonds. The zero-order valence-corrected chi connectivity index (χ0v) is 12.6. The van der Waals surface area contributed by atoms with Crippen LogP contribution in [0.5, 0.6) is 0 Å². The standard InChI is InChI=1S/C18H23NO/c1-4-5-6-7-11-14-16-18(2,3)17(19-20-16)15-12-9-8-10-13-15/h8-10,12-13,16H,4-6,14H2,1-3H3. The van der Waals surface area contributed by atoms with Gasteiger partial charge in [0.2, 0.25) is 0 Å². The highest BCUT2D eigenvalue weighted by molar-refractivity contribution is 6.05. The van der Waals surface area contributed by atoms with Gasteiger partial charge in [-0.15, -0.1) is 5.92 Å². The van der Waals surface area contributed by atoms with E-state index >= 15 is 0 Å². The molecular formula is C18H23NO. The Kier molecular flexibility index (Phi) is 4.84. The Morgan fingerprint density at radius 2 is 1.95 bits per heavy atom. The zero-order valence-electron chi connectivity index (χ0n) is 12.6. The van der Waals surface area contributed by atoms with Crippen LogP contribution in [0.15, 0.2) is 35.5 Å². The Morgan fingerprint density at radius 3 is 2.65 bits per heavy atom. The highest BCUT2D eigenvalue weighted by Gasteiger charge is 2.41. The SMILES string of the molecule is CCCCC#CCC1ON=C(c2ccccc2)C1(C)C. The lowest BCUT2D eigenvalue weighted by molar-refractivity contribution is 0.0406. The van der Waals surface area contributed by atoms with E-state index in [1.807, 2.05) is 18.2 Å². The van der Waals surface area contributed by atoms with Gasteiger partial charge in [0.15, 0.2) is 0 Å². The summed E-state index contributed by atoms with van der Waals surface area (Å²) < 4.78 is 0. The third-order valence-corrected chi connectivity index (χ3v) is 3.80. The molecule has 1 aliphatic rings. The molecule has 2 nitrogen and oxygen atoms in total. The molecular weight excluding hydrogens is 246 g/mol. The van der Waals surface area contributed by atoms with Gasteiger partial charge in [-0.2, -0.15) is 0 Å². The summed E-state index contributed by atoms with van der Waals surface area (Å²) in [6.07, 6.45) is 4.15. The van der Waals surface area contributed by atoms with Crippen molar-refractivity contribution in [1.29, 1.82) is 0 Å². The Hall–Kier alpha value is -1.75. The van der Waals surface area contributed by atoms with Gasteiger partial charge in [0, 0.05) is 12.8 Å². The minimum absolute atomic E-state index is 0.0480. The molecule has 0 spiro atoms. The van der Waals surface area contributed by atoms with Crippen LogP contribution in [-0.4, -0.2) is 11.8 Å². The molecule has 0 aliphatic carbocycles. The summed E-state index contributed by atoms with van der Waals surface area (Å²) in [6, 6.07) is 10.2. The summed E-state index contributed by atoms with van der Waals surface area (Å²) in [7, 11) is 0. The van der Waals surface area contributed by atoms with Gasteiger partial charge in [-0.05, 0) is 12.0 Å². The van der Waals surface area contributed by atoms with Crippen molar-refractivity contribution in [2.75, 3.05) is 0 Å². The van der Waals surface area contributed by atoms with Gasteiger partial charge in [-0.25, -0.2) is 0 Å². The van der Waals surface area contributed by atoms with Gasteiger partial charge in [-0.3, -0.25) is 0 Å². The topological polar surface area (TPSA) is 21.6 Å². The van der Waals surface area contributed by atoms with E-state index in [0.717, 1.165) is 24.1 Å². The lowest BCUT2D eigenvalue weighted by atomic mass is 9.78. The highest BCUT2D eigenvalue weighted by atomic mass is 16.6. The maximum absolute atomic E-state index is 5.63. The fourth-order valence-corrected chi connectivity index (χ4v) is 2.35. The van der Waals surface area contributed by atoms with E-state index in [0.29, 0.717) is 0 Å². The second-order valence-corrected chi connectivity index (χ2v) is 5.78. The molecule has 0 saturated heterocycles. The van der Waals surface area contributed by atoms with E-state index in [1.165, 1.54) is 12.8 Å². The van der Waals surface area contributed by atoms with Crippen LogP contribution in [0, 0.1) is 17.3 Å². The molecule has 0 N–H and O–H groups in total. The molecule has 1 aromatic carbocycles. The number of hydrogen-bond acceptors (Lipinski definition) is 2. The Morgan fingerprint density at radius 1 is 1.20 bits per heavy atom. The van der Waals surface area contributed by atoms with E-state index in [2.05, 4.69) is 49.9 Å². The molecule has 0 bridgehead atoms. The third kappa shape index (κ3) is 3.22. The van der Waals surface area contributed by atoms with Crippen LogP contribution in [-0.2, 0) is 4.84 Å². The van der Waals surface area contributed by atoms with E-state index in [4.69, 9.17) is 4.84 Å². The first-order chi connectivity index (χ1) is 9.66. The van der Waals surface area contributed by atoms with Gasteiger partial charge in [0.1, 0.15) is 6.10 Å². The predicted molar refractivity (Wildman–Crippen MR) is 83.6 cm³/mol. The van der Waals surface area contributed by atoms with Crippen LogP contribution in [0.3, 0.4) is 0 Å². The maximum Gasteiger partial charge on any atom is 0.149 e. The summed E-state index contributed by atoms with van der Waals surface area (Å²) >= 11 is 0. The number of oxime groups is 1. The molecule has 1 unspecified atom stereocenters. The molecule has 1 heterocycles. The van der Waals surface area contributed by atoms with Crippen LogP contribution >= 0.6 is 0 Å².